The second-order valence-corrected chi connectivity index (χ2v) is 4.11. The molecule has 13 heavy (non-hydrogen) atoms. The van der Waals surface area contributed by atoms with Gasteiger partial charge in [-0.15, -0.1) is 0 Å². The molecule has 0 aliphatic heterocycles. The van der Waals surface area contributed by atoms with Gasteiger partial charge in [0.2, 0.25) is 0 Å². The van der Waals surface area contributed by atoms with Gasteiger partial charge in [-0.2, -0.15) is 0 Å². The summed E-state index contributed by atoms with van der Waals surface area (Å²) in [6.45, 7) is 0. The van der Waals surface area contributed by atoms with Crippen molar-refractivity contribution in [2.24, 2.45) is 0 Å². The zero-order valence-corrected chi connectivity index (χ0v) is 9.97. The Bertz CT molecular complexity index is 304. The van der Waals surface area contributed by atoms with Crippen LogP contribution in [0.3, 0.4) is 0 Å². The van der Waals surface area contributed by atoms with E-state index in [1.807, 2.05) is 0 Å². The van der Waals surface area contributed by atoms with Crippen molar-refractivity contribution in [1.82, 2.24) is 0 Å². The molecule has 6 heteroatoms. The van der Waals surface area contributed by atoms with Crippen LogP contribution in [0.25, 0.3) is 0 Å². The zero-order chi connectivity index (χ0) is 9.68. The number of para-hydroxylation sites is 1. The van der Waals surface area contributed by atoms with E-state index in [2.05, 4.69) is 7.96 Å². The minimum absolute atomic E-state index is 0.0667. The molecule has 0 aromatic heterocycles. The Morgan fingerprint density at radius 3 is 2.77 bits per heavy atom. The number of benzene rings is 1. The zero-order valence-electron chi connectivity index (χ0n) is 6.36. The van der Waals surface area contributed by atoms with Crippen LogP contribution in [0.5, 0.6) is 5.75 Å². The Labute approximate surface area is 88.8 Å². The van der Waals surface area contributed by atoms with Crippen LogP contribution in [0.1, 0.15) is 10.4 Å². The second kappa shape index (κ2) is 5.31. The van der Waals surface area contributed by atoms with Crippen molar-refractivity contribution in [3.63, 3.8) is 0 Å². The maximum absolute atomic E-state index is 11.2. The molecule has 4 nitrogen and oxygen atoms in total. The molecule has 68 valence electrons. The molecule has 1 aromatic carbocycles. The summed E-state index contributed by atoms with van der Waals surface area (Å²) in [6.07, 6.45) is 0. The molecule has 1 rings (SSSR count). The Morgan fingerprint density at radius 2 is 2.15 bits per heavy atom. The monoisotopic (exact) mass is 308 g/mol. The summed E-state index contributed by atoms with van der Waals surface area (Å²) in [4.78, 5) is 15.2. The van der Waals surface area contributed by atoms with E-state index in [9.17, 15) is 4.79 Å². The van der Waals surface area contributed by atoms with Crippen LogP contribution in [0.4, 0.5) is 0 Å². The van der Waals surface area contributed by atoms with E-state index >= 15 is 0 Å². The van der Waals surface area contributed by atoms with Crippen LogP contribution in [0, 0.1) is 0 Å². The van der Waals surface area contributed by atoms with Gasteiger partial charge in [-0.25, -0.2) is 0 Å². The van der Waals surface area contributed by atoms with Gasteiger partial charge in [0.1, 0.15) is 0 Å². The van der Waals surface area contributed by atoms with Crippen molar-refractivity contribution < 1.29 is 18.0 Å². The summed E-state index contributed by atoms with van der Waals surface area (Å²) in [5.74, 6) is -0.497. The Kier molecular flexibility index (Phi) is 4.34. The normalized spacial score (nSPS) is 9.38. The molecule has 0 heterocycles. The summed E-state index contributed by atoms with van der Waals surface area (Å²) in [5.41, 5.74) is 0.173. The molecule has 2 radical (unpaired) electrons. The van der Waals surface area contributed by atoms with Crippen LogP contribution < -0.4 is 4.89 Å². The number of carbonyl (C=O) groups excluding carboxylic acids is 1. The van der Waals surface area contributed by atoms with E-state index in [1.54, 1.807) is 12.1 Å². The van der Waals surface area contributed by atoms with E-state index in [0.29, 0.717) is 0 Å². The van der Waals surface area contributed by atoms with E-state index in [1.165, 1.54) is 12.1 Å². The van der Waals surface area contributed by atoms with Crippen LogP contribution in [-0.4, -0.2) is 31.7 Å². The topological polar surface area (TPSA) is 55.8 Å². The molecule has 0 bridgehead atoms. The van der Waals surface area contributed by atoms with Crippen molar-refractivity contribution in [3.8, 4) is 5.75 Å². The van der Waals surface area contributed by atoms with Crippen molar-refractivity contribution in [1.29, 1.82) is 0 Å². The Morgan fingerprint density at radius 1 is 1.46 bits per heavy atom. The first kappa shape index (κ1) is 10.6. The van der Waals surface area contributed by atoms with E-state index < -0.39 is 26.4 Å². The van der Waals surface area contributed by atoms with Crippen LogP contribution >= 0.6 is 8.92 Å². The van der Waals surface area contributed by atoms with Gasteiger partial charge in [0.25, 0.3) is 0 Å². The third kappa shape index (κ3) is 2.75. The number of halogens is 1. The summed E-state index contributed by atoms with van der Waals surface area (Å²) >= 11 is -1.56. The fraction of sp³-hybridized carbons (Fsp3) is 0. The third-order valence-electron chi connectivity index (χ3n) is 1.34. The van der Waals surface area contributed by atoms with Gasteiger partial charge in [0.15, 0.2) is 0 Å². The predicted octanol–water partition coefficient (Wildman–Crippen LogP) is 1.47. The SMILES string of the molecule is O=C([O][Sn][Cl])c1ccccc1OO. The molecule has 1 aromatic rings. The fourth-order valence-electron chi connectivity index (χ4n) is 0.805. The minimum atomic E-state index is -1.56. The first-order valence-electron chi connectivity index (χ1n) is 3.27. The molecule has 0 atom stereocenters. The van der Waals surface area contributed by atoms with Gasteiger partial charge in [-0.1, -0.05) is 0 Å². The molecule has 0 saturated heterocycles. The summed E-state index contributed by atoms with van der Waals surface area (Å²) in [7, 11) is 5.37. The van der Waals surface area contributed by atoms with E-state index in [-0.39, 0.29) is 11.3 Å². The van der Waals surface area contributed by atoms with Gasteiger partial charge < -0.3 is 0 Å². The number of carbonyl (C=O) groups is 1. The Hall–Kier alpha value is -0.461. The van der Waals surface area contributed by atoms with Crippen molar-refractivity contribution in [2.75, 3.05) is 0 Å². The van der Waals surface area contributed by atoms with E-state index in [4.69, 9.17) is 14.2 Å². The van der Waals surface area contributed by atoms with E-state index in [0.717, 1.165) is 0 Å². The van der Waals surface area contributed by atoms with Gasteiger partial charge in [-0.3, -0.25) is 0 Å². The second-order valence-electron chi connectivity index (χ2n) is 2.05. The molecule has 0 amide bonds. The van der Waals surface area contributed by atoms with Crippen molar-refractivity contribution in [3.05, 3.63) is 29.8 Å². The summed E-state index contributed by atoms with van der Waals surface area (Å²) in [6, 6.07) is 6.21. The molecule has 0 saturated carbocycles. The van der Waals surface area contributed by atoms with Crippen LogP contribution in [0.15, 0.2) is 24.3 Å². The number of rotatable bonds is 3. The standard InChI is InChI=1S/C7H6O4.ClH.Sn/c8-7(9)5-3-1-2-4-6(5)11-10;;/h1-4,10H,(H,8,9);1H;/q;;+2/p-2. The molecule has 0 unspecified atom stereocenters. The average Bonchev–Trinajstić information content (AvgIpc) is 2.18. The third-order valence-corrected chi connectivity index (χ3v) is 2.60. The Balaban J connectivity index is 2.92. The molecule has 0 aliphatic carbocycles. The first-order chi connectivity index (χ1) is 6.29. The average molecular weight is 307 g/mol. The number of hydrogen-bond acceptors (Lipinski definition) is 4. The summed E-state index contributed by atoms with van der Waals surface area (Å²) in [5, 5.41) is 8.41. The van der Waals surface area contributed by atoms with Gasteiger partial charge in [0, 0.05) is 0 Å². The molecule has 1 N–H and O–H groups in total. The fourth-order valence-corrected chi connectivity index (χ4v) is 1.79. The van der Waals surface area contributed by atoms with Gasteiger partial charge in [0.05, 0.1) is 0 Å². The molecule has 0 aliphatic rings. The van der Waals surface area contributed by atoms with Crippen molar-refractivity contribution >= 4 is 35.3 Å². The van der Waals surface area contributed by atoms with Crippen LogP contribution in [-0.2, 0) is 3.07 Å². The molecule has 0 spiro atoms. The molecule has 0 fully saturated rings. The van der Waals surface area contributed by atoms with Crippen molar-refractivity contribution in [2.45, 2.75) is 0 Å². The molecular weight excluding hydrogens is 302 g/mol. The first-order valence-corrected chi connectivity index (χ1v) is 8.04. The van der Waals surface area contributed by atoms with Gasteiger partial charge >= 0.3 is 88.9 Å². The van der Waals surface area contributed by atoms with Gasteiger partial charge in [-0.05, 0) is 0 Å². The quantitative estimate of drug-likeness (QED) is 0.522. The number of hydrogen-bond donors (Lipinski definition) is 1. The van der Waals surface area contributed by atoms with Crippen LogP contribution in [0.2, 0.25) is 0 Å². The maximum atomic E-state index is 11.2. The molecular formula is C7H5ClO4Sn. The summed E-state index contributed by atoms with van der Waals surface area (Å²) < 4.78 is 4.68. The predicted molar refractivity (Wildman–Crippen MR) is 46.7 cm³/mol.